The second-order valence-corrected chi connectivity index (χ2v) is 8.45. The van der Waals surface area contributed by atoms with Gasteiger partial charge in [-0.15, -0.1) is 0 Å². The highest BCUT2D eigenvalue weighted by molar-refractivity contribution is 7.89. The van der Waals surface area contributed by atoms with Crippen LogP contribution in [0, 0.1) is 0 Å². The molecule has 0 aliphatic heterocycles. The Balaban J connectivity index is 2.27. The zero-order valence-electron chi connectivity index (χ0n) is 15.6. The number of nitrogens with zero attached hydrogens (tertiary/aromatic N) is 4. The lowest BCUT2D eigenvalue weighted by molar-refractivity contribution is 0.598. The first kappa shape index (κ1) is 18.6. The number of rotatable bonds is 6. The quantitative estimate of drug-likeness (QED) is 0.716. The fourth-order valence-electron chi connectivity index (χ4n) is 3.14. The number of hydrogen-bond donors (Lipinski definition) is 1. The summed E-state index contributed by atoms with van der Waals surface area (Å²) >= 11 is 0. The van der Waals surface area contributed by atoms with Crippen LogP contribution in [-0.2, 0) is 23.6 Å². The fraction of sp³-hybridized carbons (Fsp3) is 0.444. The van der Waals surface area contributed by atoms with Gasteiger partial charge < -0.3 is 4.57 Å². The summed E-state index contributed by atoms with van der Waals surface area (Å²) < 4.78 is 27.3. The molecule has 0 saturated carbocycles. The van der Waals surface area contributed by atoms with Crippen LogP contribution in [0.25, 0.3) is 22.4 Å². The van der Waals surface area contributed by atoms with Crippen LogP contribution in [0.3, 0.4) is 0 Å². The molecule has 0 atom stereocenters. The summed E-state index contributed by atoms with van der Waals surface area (Å²) in [5.74, 6) is 1.07. The van der Waals surface area contributed by atoms with E-state index in [-0.39, 0.29) is 10.8 Å². The third kappa shape index (κ3) is 3.39. The Morgan fingerprint density at radius 3 is 2.62 bits per heavy atom. The number of fused-ring (bicyclic) bond motifs is 1. The lowest BCUT2D eigenvalue weighted by atomic mass is 10.1. The summed E-state index contributed by atoms with van der Waals surface area (Å²) in [5, 5.41) is 9.86. The Morgan fingerprint density at radius 1 is 1.27 bits per heavy atom. The van der Waals surface area contributed by atoms with Gasteiger partial charge in [0.1, 0.15) is 5.82 Å². The molecule has 0 aliphatic rings. The van der Waals surface area contributed by atoms with Crippen LogP contribution in [0.5, 0.6) is 0 Å². The van der Waals surface area contributed by atoms with Crippen molar-refractivity contribution >= 4 is 21.1 Å². The summed E-state index contributed by atoms with van der Waals surface area (Å²) in [6.45, 7) is 7.15. The van der Waals surface area contributed by atoms with E-state index in [1.165, 1.54) is 6.07 Å². The Kier molecular flexibility index (Phi) is 4.90. The van der Waals surface area contributed by atoms with Gasteiger partial charge in [-0.2, -0.15) is 5.10 Å². The Labute approximate surface area is 153 Å². The molecule has 0 spiro atoms. The SMILES string of the molecule is CCCCn1c(-c2cn(C)nc2C(C)C)nc2cc(S(N)(=O)=O)ccc21. The van der Waals surface area contributed by atoms with Gasteiger partial charge in [0.05, 0.1) is 27.2 Å². The molecular weight excluding hydrogens is 350 g/mol. The Hall–Kier alpha value is -2.19. The van der Waals surface area contributed by atoms with Crippen LogP contribution in [-0.4, -0.2) is 27.7 Å². The number of hydrogen-bond acceptors (Lipinski definition) is 4. The van der Waals surface area contributed by atoms with Crippen LogP contribution in [0.2, 0.25) is 0 Å². The largest absolute Gasteiger partial charge is 0.324 e. The molecule has 1 aromatic carbocycles. The van der Waals surface area contributed by atoms with E-state index in [0.29, 0.717) is 5.52 Å². The third-order valence-corrected chi connectivity index (χ3v) is 5.34. The summed E-state index contributed by atoms with van der Waals surface area (Å²) in [7, 11) is -1.87. The van der Waals surface area contributed by atoms with Gasteiger partial charge >= 0.3 is 0 Å². The number of aryl methyl sites for hydroxylation is 2. The monoisotopic (exact) mass is 375 g/mol. The van der Waals surface area contributed by atoms with Crippen LogP contribution in [0.1, 0.15) is 45.2 Å². The van der Waals surface area contributed by atoms with E-state index < -0.39 is 10.0 Å². The van der Waals surface area contributed by atoms with E-state index in [9.17, 15) is 8.42 Å². The van der Waals surface area contributed by atoms with Crippen molar-refractivity contribution in [2.24, 2.45) is 12.2 Å². The van der Waals surface area contributed by atoms with Gasteiger partial charge in [0.2, 0.25) is 10.0 Å². The van der Waals surface area contributed by atoms with Gasteiger partial charge in [-0.3, -0.25) is 4.68 Å². The van der Waals surface area contributed by atoms with Crippen molar-refractivity contribution in [3.63, 3.8) is 0 Å². The molecule has 0 bridgehead atoms. The number of nitrogens with two attached hydrogens (primary N) is 1. The van der Waals surface area contributed by atoms with Crippen molar-refractivity contribution in [1.29, 1.82) is 0 Å². The van der Waals surface area contributed by atoms with Crippen LogP contribution < -0.4 is 5.14 Å². The highest BCUT2D eigenvalue weighted by Gasteiger charge is 2.21. The van der Waals surface area contributed by atoms with Crippen molar-refractivity contribution in [2.75, 3.05) is 0 Å². The number of unbranched alkanes of at least 4 members (excludes halogenated alkanes) is 1. The zero-order valence-corrected chi connectivity index (χ0v) is 16.4. The predicted octanol–water partition coefficient (Wildman–Crippen LogP) is 3.01. The molecule has 3 rings (SSSR count). The van der Waals surface area contributed by atoms with Gasteiger partial charge in [-0.05, 0) is 30.5 Å². The standard InChI is InChI=1S/C18H25N5O2S/c1-5-6-9-23-16-8-7-13(26(19,24)25)10-15(16)20-18(23)14-11-22(4)21-17(14)12(2)3/h7-8,10-12H,5-6,9H2,1-4H3,(H2,19,24,25). The number of imidazole rings is 1. The smallest absolute Gasteiger partial charge is 0.238 e. The number of benzene rings is 1. The van der Waals surface area contributed by atoms with Gasteiger partial charge in [-0.1, -0.05) is 27.2 Å². The summed E-state index contributed by atoms with van der Waals surface area (Å²) in [5.41, 5.74) is 3.49. The van der Waals surface area contributed by atoms with Crippen molar-refractivity contribution in [3.8, 4) is 11.4 Å². The van der Waals surface area contributed by atoms with Gasteiger partial charge in [0.15, 0.2) is 0 Å². The maximum atomic E-state index is 11.7. The van der Waals surface area contributed by atoms with Crippen LogP contribution in [0.15, 0.2) is 29.3 Å². The highest BCUT2D eigenvalue weighted by Crippen LogP contribution is 2.31. The minimum absolute atomic E-state index is 0.0759. The van der Waals surface area contributed by atoms with E-state index in [2.05, 4.69) is 30.4 Å². The fourth-order valence-corrected chi connectivity index (χ4v) is 3.67. The normalized spacial score (nSPS) is 12.4. The van der Waals surface area contributed by atoms with E-state index in [1.807, 2.05) is 13.2 Å². The van der Waals surface area contributed by atoms with Crippen molar-refractivity contribution in [3.05, 3.63) is 30.1 Å². The lowest BCUT2D eigenvalue weighted by Gasteiger charge is -2.10. The third-order valence-electron chi connectivity index (χ3n) is 4.43. The maximum Gasteiger partial charge on any atom is 0.238 e. The van der Waals surface area contributed by atoms with Crippen molar-refractivity contribution < 1.29 is 8.42 Å². The van der Waals surface area contributed by atoms with Crippen LogP contribution >= 0.6 is 0 Å². The van der Waals surface area contributed by atoms with E-state index >= 15 is 0 Å². The Bertz CT molecular complexity index is 1050. The van der Waals surface area contributed by atoms with E-state index in [1.54, 1.807) is 16.8 Å². The topological polar surface area (TPSA) is 95.8 Å². The minimum Gasteiger partial charge on any atom is -0.324 e. The molecule has 2 aromatic heterocycles. The molecule has 8 heteroatoms. The first-order chi connectivity index (χ1) is 12.2. The first-order valence-corrected chi connectivity index (χ1v) is 10.3. The molecule has 140 valence electrons. The molecule has 0 amide bonds. The van der Waals surface area contributed by atoms with Crippen molar-refractivity contribution in [1.82, 2.24) is 19.3 Å². The summed E-state index contributed by atoms with van der Waals surface area (Å²) in [6.07, 6.45) is 4.03. The maximum absolute atomic E-state index is 11.7. The number of sulfonamides is 1. The van der Waals surface area contributed by atoms with Gasteiger partial charge in [0, 0.05) is 19.8 Å². The zero-order chi connectivity index (χ0) is 19.1. The molecule has 2 N–H and O–H groups in total. The lowest BCUT2D eigenvalue weighted by Crippen LogP contribution is -2.11. The molecule has 7 nitrogen and oxygen atoms in total. The van der Waals surface area contributed by atoms with E-state index in [0.717, 1.165) is 42.0 Å². The van der Waals surface area contributed by atoms with E-state index in [4.69, 9.17) is 10.1 Å². The molecule has 26 heavy (non-hydrogen) atoms. The van der Waals surface area contributed by atoms with Crippen molar-refractivity contribution in [2.45, 2.75) is 51.0 Å². The Morgan fingerprint density at radius 2 is 2.00 bits per heavy atom. The number of aromatic nitrogens is 4. The molecule has 3 aromatic rings. The second-order valence-electron chi connectivity index (χ2n) is 6.89. The van der Waals surface area contributed by atoms with Gasteiger partial charge in [0.25, 0.3) is 0 Å². The predicted molar refractivity (Wildman–Crippen MR) is 102 cm³/mol. The molecule has 0 saturated heterocycles. The molecule has 0 fully saturated rings. The average molecular weight is 375 g/mol. The molecule has 0 unspecified atom stereocenters. The van der Waals surface area contributed by atoms with Crippen LogP contribution in [0.4, 0.5) is 0 Å². The molecule has 0 radical (unpaired) electrons. The number of primary sulfonamides is 1. The second kappa shape index (κ2) is 6.85. The molecular formula is C18H25N5O2S. The van der Waals surface area contributed by atoms with Gasteiger partial charge in [-0.25, -0.2) is 18.5 Å². The molecule has 0 aliphatic carbocycles. The highest BCUT2D eigenvalue weighted by atomic mass is 32.2. The average Bonchev–Trinajstić information content (AvgIpc) is 3.11. The minimum atomic E-state index is -3.76. The molecule has 2 heterocycles. The summed E-state index contributed by atoms with van der Waals surface area (Å²) in [6, 6.07) is 4.87. The summed E-state index contributed by atoms with van der Waals surface area (Å²) in [4.78, 5) is 4.83. The first-order valence-electron chi connectivity index (χ1n) is 8.79.